The second kappa shape index (κ2) is 5.92. The van der Waals surface area contributed by atoms with E-state index in [1.54, 1.807) is 18.2 Å². The summed E-state index contributed by atoms with van der Waals surface area (Å²) >= 11 is 3.37. The maximum absolute atomic E-state index is 11.9. The third-order valence-corrected chi connectivity index (χ3v) is 3.32. The first-order chi connectivity index (χ1) is 9.60. The highest BCUT2D eigenvalue weighted by Crippen LogP contribution is 2.36. The van der Waals surface area contributed by atoms with E-state index < -0.39 is 5.97 Å². The summed E-state index contributed by atoms with van der Waals surface area (Å²) in [6.07, 6.45) is 0.596. The highest BCUT2D eigenvalue weighted by molar-refractivity contribution is 9.10. The lowest BCUT2D eigenvalue weighted by Gasteiger charge is -2.10. The van der Waals surface area contributed by atoms with Crippen LogP contribution in [0.15, 0.2) is 33.2 Å². The van der Waals surface area contributed by atoms with Crippen molar-refractivity contribution in [3.8, 4) is 17.1 Å². The number of carbonyl (C=O) groups is 2. The molecule has 0 saturated carbocycles. The van der Waals surface area contributed by atoms with Crippen LogP contribution in [0.5, 0.6) is 5.75 Å². The van der Waals surface area contributed by atoms with Gasteiger partial charge < -0.3 is 13.9 Å². The summed E-state index contributed by atoms with van der Waals surface area (Å²) in [6, 6.07) is 6.39. The normalized spacial score (nSPS) is 10.2. The lowest BCUT2D eigenvalue weighted by Crippen LogP contribution is -2.04. The van der Waals surface area contributed by atoms with E-state index in [1.165, 1.54) is 20.3 Å². The van der Waals surface area contributed by atoms with E-state index in [9.17, 15) is 9.59 Å². The average molecular weight is 339 g/mol. The number of aldehydes is 1. The molecule has 0 radical (unpaired) electrons. The lowest BCUT2D eigenvalue weighted by molar-refractivity contribution is 0.0601. The molecule has 5 nitrogen and oxygen atoms in total. The van der Waals surface area contributed by atoms with E-state index in [-0.39, 0.29) is 11.3 Å². The zero-order valence-electron chi connectivity index (χ0n) is 10.8. The summed E-state index contributed by atoms with van der Waals surface area (Å²) in [5.74, 6) is 0.549. The minimum atomic E-state index is -0.524. The smallest absolute Gasteiger partial charge is 0.338 e. The van der Waals surface area contributed by atoms with E-state index in [1.807, 2.05) is 0 Å². The Morgan fingerprint density at radius 2 is 2.05 bits per heavy atom. The predicted molar refractivity (Wildman–Crippen MR) is 75.1 cm³/mol. The van der Waals surface area contributed by atoms with Crippen molar-refractivity contribution < 1.29 is 23.5 Å². The Labute approximate surface area is 123 Å². The van der Waals surface area contributed by atoms with Crippen LogP contribution < -0.4 is 4.74 Å². The van der Waals surface area contributed by atoms with Crippen LogP contribution in [0.3, 0.4) is 0 Å². The van der Waals surface area contributed by atoms with Crippen LogP contribution in [0.1, 0.15) is 20.9 Å². The molecule has 1 heterocycles. The number of methoxy groups -OCH3 is 2. The molecule has 0 unspecified atom stereocenters. The summed E-state index contributed by atoms with van der Waals surface area (Å²) in [7, 11) is 2.79. The summed E-state index contributed by atoms with van der Waals surface area (Å²) in [5.41, 5.74) is 0.788. The van der Waals surface area contributed by atoms with E-state index in [2.05, 4.69) is 15.9 Å². The molecule has 20 heavy (non-hydrogen) atoms. The van der Waals surface area contributed by atoms with Crippen LogP contribution in [0.2, 0.25) is 0 Å². The third-order valence-electron chi connectivity index (χ3n) is 2.69. The second-order valence-electron chi connectivity index (χ2n) is 3.84. The van der Waals surface area contributed by atoms with Gasteiger partial charge in [-0.15, -0.1) is 0 Å². The van der Waals surface area contributed by atoms with Crippen LogP contribution in [-0.2, 0) is 4.74 Å². The number of carbonyl (C=O) groups excluding carboxylic acids is 2. The zero-order chi connectivity index (χ0) is 14.7. The fourth-order valence-corrected chi connectivity index (χ4v) is 2.41. The molecule has 0 N–H and O–H groups in total. The second-order valence-corrected chi connectivity index (χ2v) is 4.70. The molecule has 104 valence electrons. The molecule has 0 fully saturated rings. The Hall–Kier alpha value is -2.08. The summed E-state index contributed by atoms with van der Waals surface area (Å²) in [6.45, 7) is 0. The number of rotatable bonds is 4. The van der Waals surface area contributed by atoms with E-state index >= 15 is 0 Å². The van der Waals surface area contributed by atoms with Gasteiger partial charge in [0.25, 0.3) is 0 Å². The highest BCUT2D eigenvalue weighted by atomic mass is 79.9. The number of furan rings is 1. The zero-order valence-corrected chi connectivity index (χ0v) is 12.4. The van der Waals surface area contributed by atoms with Crippen molar-refractivity contribution >= 4 is 28.2 Å². The van der Waals surface area contributed by atoms with Gasteiger partial charge in [-0.05, 0) is 40.2 Å². The maximum atomic E-state index is 11.9. The molecular formula is C14H11BrO5. The first-order valence-electron chi connectivity index (χ1n) is 5.62. The van der Waals surface area contributed by atoms with Gasteiger partial charge in [0.15, 0.2) is 12.0 Å². The number of esters is 1. The topological polar surface area (TPSA) is 65.7 Å². The molecular weight excluding hydrogens is 328 g/mol. The molecule has 1 aromatic carbocycles. The molecule has 0 amide bonds. The first-order valence-corrected chi connectivity index (χ1v) is 6.41. The van der Waals surface area contributed by atoms with E-state index in [0.717, 1.165) is 0 Å². The van der Waals surface area contributed by atoms with Crippen LogP contribution in [-0.4, -0.2) is 26.5 Å². The Kier molecular flexibility index (Phi) is 4.24. The van der Waals surface area contributed by atoms with Gasteiger partial charge in [-0.25, -0.2) is 4.79 Å². The van der Waals surface area contributed by atoms with Crippen LogP contribution in [0.4, 0.5) is 0 Å². The number of hydrogen-bond acceptors (Lipinski definition) is 5. The number of hydrogen-bond donors (Lipinski definition) is 0. The Bertz CT molecular complexity index is 660. The van der Waals surface area contributed by atoms with Crippen molar-refractivity contribution in [3.63, 3.8) is 0 Å². The van der Waals surface area contributed by atoms with Crippen LogP contribution in [0.25, 0.3) is 11.3 Å². The standard InChI is InChI=1S/C14H11BrO5/c1-18-9-5-10(14(17)19-2)13(11(15)6-9)12-4-3-8(7-16)20-12/h3-7H,1-2H3. The molecule has 0 atom stereocenters. The largest absolute Gasteiger partial charge is 0.497 e. The third kappa shape index (κ3) is 2.60. The van der Waals surface area contributed by atoms with Crippen molar-refractivity contribution in [2.75, 3.05) is 14.2 Å². The van der Waals surface area contributed by atoms with Crippen molar-refractivity contribution in [1.82, 2.24) is 0 Å². The molecule has 2 rings (SSSR count). The van der Waals surface area contributed by atoms with Gasteiger partial charge in [-0.1, -0.05) is 0 Å². The summed E-state index contributed by atoms with van der Waals surface area (Å²) < 4.78 is 15.8. The van der Waals surface area contributed by atoms with Gasteiger partial charge in [0.05, 0.1) is 19.8 Å². The van der Waals surface area contributed by atoms with Gasteiger partial charge >= 0.3 is 5.97 Å². The minimum absolute atomic E-state index is 0.179. The number of benzene rings is 1. The molecule has 0 saturated heterocycles. The average Bonchev–Trinajstić information content (AvgIpc) is 2.93. The first kappa shape index (κ1) is 14.3. The van der Waals surface area contributed by atoms with Gasteiger partial charge in [-0.3, -0.25) is 4.79 Å². The Morgan fingerprint density at radius 1 is 1.30 bits per heavy atom. The molecule has 0 aliphatic carbocycles. The molecule has 1 aromatic heterocycles. The molecule has 0 bridgehead atoms. The van der Waals surface area contributed by atoms with E-state index in [0.29, 0.717) is 27.8 Å². The lowest BCUT2D eigenvalue weighted by atomic mass is 10.0. The van der Waals surface area contributed by atoms with Crippen molar-refractivity contribution in [1.29, 1.82) is 0 Å². The van der Waals surface area contributed by atoms with Crippen LogP contribution >= 0.6 is 15.9 Å². The fraction of sp³-hybridized carbons (Fsp3) is 0.143. The van der Waals surface area contributed by atoms with Gasteiger partial charge in [0, 0.05) is 10.0 Å². The van der Waals surface area contributed by atoms with Crippen molar-refractivity contribution in [2.45, 2.75) is 0 Å². The fourth-order valence-electron chi connectivity index (χ4n) is 1.77. The number of halogens is 1. The molecule has 6 heteroatoms. The van der Waals surface area contributed by atoms with Crippen molar-refractivity contribution in [3.05, 3.63) is 40.1 Å². The molecule has 2 aromatic rings. The monoisotopic (exact) mass is 338 g/mol. The Morgan fingerprint density at radius 3 is 2.60 bits per heavy atom. The van der Waals surface area contributed by atoms with Crippen molar-refractivity contribution in [2.24, 2.45) is 0 Å². The van der Waals surface area contributed by atoms with Gasteiger partial charge in [-0.2, -0.15) is 0 Å². The Balaban J connectivity index is 2.66. The maximum Gasteiger partial charge on any atom is 0.338 e. The highest BCUT2D eigenvalue weighted by Gasteiger charge is 2.20. The quantitative estimate of drug-likeness (QED) is 0.632. The number of ether oxygens (including phenoxy) is 2. The van der Waals surface area contributed by atoms with E-state index in [4.69, 9.17) is 13.9 Å². The summed E-state index contributed by atoms with van der Waals surface area (Å²) in [5, 5.41) is 0. The molecule has 0 spiro atoms. The van der Waals surface area contributed by atoms with Gasteiger partial charge in [0.2, 0.25) is 0 Å². The molecule has 0 aliphatic rings. The van der Waals surface area contributed by atoms with Crippen LogP contribution in [0, 0.1) is 0 Å². The SMILES string of the molecule is COC(=O)c1cc(OC)cc(Br)c1-c1ccc(C=O)o1. The van der Waals surface area contributed by atoms with Gasteiger partial charge in [0.1, 0.15) is 11.5 Å². The predicted octanol–water partition coefficient (Wildman–Crippen LogP) is 3.32. The minimum Gasteiger partial charge on any atom is -0.497 e. The molecule has 0 aliphatic heterocycles. The summed E-state index contributed by atoms with van der Waals surface area (Å²) in [4.78, 5) is 22.6.